The quantitative estimate of drug-likeness (QED) is 0.473. The second-order valence-electron chi connectivity index (χ2n) is 4.28. The minimum absolute atomic E-state index is 0.770. The average Bonchev–Trinajstić information content (AvgIpc) is 2.86. The standard InChI is InChI=1S/C13H9BN5/c1-14-11-13-18-8-4-2-3-5-10(8)19(13)12-9(17-11)6-15-7-16-12/h2-7H,1H3. The van der Waals surface area contributed by atoms with Crippen LogP contribution in [0, 0.1) is 0 Å². The number of benzene rings is 1. The van der Waals surface area contributed by atoms with Crippen LogP contribution in [0.25, 0.3) is 27.8 Å². The number of fused-ring (bicyclic) bond motifs is 5. The lowest BCUT2D eigenvalue weighted by molar-refractivity contribution is 1.13. The van der Waals surface area contributed by atoms with Crippen molar-refractivity contribution in [3.05, 3.63) is 36.8 Å². The Labute approximate surface area is 109 Å². The van der Waals surface area contributed by atoms with Gasteiger partial charge in [-0.15, -0.1) is 0 Å². The third kappa shape index (κ3) is 1.37. The fraction of sp³-hybridized carbons (Fsp3) is 0.0769. The van der Waals surface area contributed by atoms with Crippen LogP contribution in [-0.4, -0.2) is 31.6 Å². The lowest BCUT2D eigenvalue weighted by Crippen LogP contribution is -2.20. The molecule has 4 aromatic rings. The zero-order valence-corrected chi connectivity index (χ0v) is 10.3. The first kappa shape index (κ1) is 10.4. The van der Waals surface area contributed by atoms with Crippen molar-refractivity contribution in [3.8, 4) is 0 Å². The summed E-state index contributed by atoms with van der Waals surface area (Å²) in [5, 5.41) is 0. The zero-order chi connectivity index (χ0) is 12.8. The summed E-state index contributed by atoms with van der Waals surface area (Å²) in [6.45, 7) is 1.96. The van der Waals surface area contributed by atoms with E-state index in [1.54, 1.807) is 6.20 Å². The smallest absolute Gasteiger partial charge is 0.179 e. The monoisotopic (exact) mass is 246 g/mol. The highest BCUT2D eigenvalue weighted by molar-refractivity contribution is 6.53. The van der Waals surface area contributed by atoms with Crippen molar-refractivity contribution in [1.29, 1.82) is 0 Å². The third-order valence-corrected chi connectivity index (χ3v) is 3.19. The Hall–Kier alpha value is -2.50. The Kier molecular flexibility index (Phi) is 2.06. The molecule has 0 N–H and O–H groups in total. The van der Waals surface area contributed by atoms with E-state index in [0.717, 1.165) is 33.4 Å². The Bertz CT molecular complexity index is 915. The predicted molar refractivity (Wildman–Crippen MR) is 74.8 cm³/mol. The topological polar surface area (TPSA) is 56.0 Å². The van der Waals surface area contributed by atoms with E-state index < -0.39 is 0 Å². The summed E-state index contributed by atoms with van der Waals surface area (Å²) >= 11 is 0. The molecule has 0 aliphatic heterocycles. The molecule has 1 radical (unpaired) electrons. The van der Waals surface area contributed by atoms with Crippen molar-refractivity contribution in [2.24, 2.45) is 0 Å². The van der Waals surface area contributed by atoms with Gasteiger partial charge in [-0.2, -0.15) is 0 Å². The normalized spacial score (nSPS) is 11.4. The maximum atomic E-state index is 4.64. The van der Waals surface area contributed by atoms with Gasteiger partial charge < -0.3 is 0 Å². The Balaban J connectivity index is 2.36. The van der Waals surface area contributed by atoms with Crippen LogP contribution in [0.3, 0.4) is 0 Å². The minimum atomic E-state index is 0.770. The molecular formula is C13H9BN5. The van der Waals surface area contributed by atoms with E-state index in [0.29, 0.717) is 0 Å². The largest absolute Gasteiger partial charge is 0.274 e. The number of hydrogen-bond donors (Lipinski definition) is 0. The van der Waals surface area contributed by atoms with E-state index in [-0.39, 0.29) is 0 Å². The summed E-state index contributed by atoms with van der Waals surface area (Å²) in [7, 11) is 1.95. The highest BCUT2D eigenvalue weighted by atomic mass is 15.1. The van der Waals surface area contributed by atoms with Gasteiger partial charge in [0.05, 0.1) is 17.2 Å². The molecule has 3 heterocycles. The van der Waals surface area contributed by atoms with Gasteiger partial charge in [0.15, 0.2) is 18.6 Å². The van der Waals surface area contributed by atoms with Gasteiger partial charge in [0.1, 0.15) is 11.8 Å². The first-order valence-electron chi connectivity index (χ1n) is 6.05. The maximum Gasteiger partial charge on any atom is 0.179 e. The van der Waals surface area contributed by atoms with Gasteiger partial charge in [0.25, 0.3) is 0 Å². The molecule has 4 rings (SSSR count). The average molecular weight is 246 g/mol. The van der Waals surface area contributed by atoms with Crippen LogP contribution in [0.15, 0.2) is 36.8 Å². The predicted octanol–water partition coefficient (Wildman–Crippen LogP) is 1.20. The van der Waals surface area contributed by atoms with Crippen molar-refractivity contribution in [2.45, 2.75) is 6.82 Å². The summed E-state index contributed by atoms with van der Waals surface area (Å²) in [6, 6.07) is 8.01. The lowest BCUT2D eigenvalue weighted by Gasteiger charge is -2.04. The van der Waals surface area contributed by atoms with Crippen LogP contribution in [0.2, 0.25) is 6.82 Å². The molecule has 6 heteroatoms. The highest BCUT2D eigenvalue weighted by Gasteiger charge is 2.13. The molecule has 0 atom stereocenters. The highest BCUT2D eigenvalue weighted by Crippen LogP contribution is 2.18. The molecule has 1 aromatic carbocycles. The number of rotatable bonds is 1. The summed E-state index contributed by atoms with van der Waals surface area (Å²) in [6.07, 6.45) is 3.26. The van der Waals surface area contributed by atoms with E-state index >= 15 is 0 Å². The molecule has 19 heavy (non-hydrogen) atoms. The molecular weight excluding hydrogens is 237 g/mol. The molecule has 0 fully saturated rings. The third-order valence-electron chi connectivity index (χ3n) is 3.19. The van der Waals surface area contributed by atoms with E-state index in [2.05, 4.69) is 19.9 Å². The summed E-state index contributed by atoms with van der Waals surface area (Å²) in [5.41, 5.74) is 5.20. The van der Waals surface area contributed by atoms with E-state index in [1.165, 1.54) is 6.33 Å². The Morgan fingerprint density at radius 1 is 1.05 bits per heavy atom. The van der Waals surface area contributed by atoms with Gasteiger partial charge in [0, 0.05) is 5.59 Å². The lowest BCUT2D eigenvalue weighted by atomic mass is 9.78. The van der Waals surface area contributed by atoms with Crippen LogP contribution in [0.1, 0.15) is 0 Å². The molecule has 0 saturated heterocycles. The second-order valence-corrected chi connectivity index (χ2v) is 4.28. The fourth-order valence-electron chi connectivity index (χ4n) is 2.35. The van der Waals surface area contributed by atoms with Crippen LogP contribution < -0.4 is 5.59 Å². The number of imidazole rings is 1. The number of nitrogens with zero attached hydrogens (tertiary/aromatic N) is 5. The molecule has 0 bridgehead atoms. The summed E-state index contributed by atoms with van der Waals surface area (Å²) < 4.78 is 2.04. The van der Waals surface area contributed by atoms with Gasteiger partial charge >= 0.3 is 0 Å². The van der Waals surface area contributed by atoms with E-state index in [1.807, 2.05) is 42.8 Å². The van der Waals surface area contributed by atoms with Crippen LogP contribution in [0.5, 0.6) is 0 Å². The van der Waals surface area contributed by atoms with Crippen molar-refractivity contribution in [1.82, 2.24) is 24.3 Å². The number of hydrogen-bond acceptors (Lipinski definition) is 4. The molecule has 3 aromatic heterocycles. The first-order valence-corrected chi connectivity index (χ1v) is 6.05. The van der Waals surface area contributed by atoms with Crippen molar-refractivity contribution in [3.63, 3.8) is 0 Å². The summed E-state index contributed by atoms with van der Waals surface area (Å²) in [5.74, 6) is 0. The van der Waals surface area contributed by atoms with Gasteiger partial charge in [0.2, 0.25) is 0 Å². The minimum Gasteiger partial charge on any atom is -0.274 e. The van der Waals surface area contributed by atoms with Crippen molar-refractivity contribution in [2.75, 3.05) is 0 Å². The molecule has 0 spiro atoms. The fourth-order valence-corrected chi connectivity index (χ4v) is 2.35. The van der Waals surface area contributed by atoms with Gasteiger partial charge in [-0.1, -0.05) is 19.0 Å². The maximum absolute atomic E-state index is 4.64. The molecule has 0 amide bonds. The molecule has 0 aliphatic carbocycles. The SMILES string of the molecule is C[B]c1nc2cncnc2n2c1nc1ccccc12. The van der Waals surface area contributed by atoms with Crippen molar-refractivity contribution < 1.29 is 0 Å². The van der Waals surface area contributed by atoms with E-state index in [9.17, 15) is 0 Å². The zero-order valence-electron chi connectivity index (χ0n) is 10.3. The van der Waals surface area contributed by atoms with Gasteiger partial charge in [-0.25, -0.2) is 15.0 Å². The van der Waals surface area contributed by atoms with Crippen LogP contribution >= 0.6 is 0 Å². The Morgan fingerprint density at radius 3 is 2.84 bits per heavy atom. The first-order chi connectivity index (χ1) is 9.38. The van der Waals surface area contributed by atoms with E-state index in [4.69, 9.17) is 0 Å². The molecule has 0 unspecified atom stereocenters. The van der Waals surface area contributed by atoms with Gasteiger partial charge in [-0.3, -0.25) is 9.38 Å². The Morgan fingerprint density at radius 2 is 1.95 bits per heavy atom. The molecule has 5 nitrogen and oxygen atoms in total. The molecule has 0 saturated carbocycles. The second kappa shape index (κ2) is 3.75. The van der Waals surface area contributed by atoms with Crippen LogP contribution in [0.4, 0.5) is 0 Å². The van der Waals surface area contributed by atoms with Crippen LogP contribution in [-0.2, 0) is 0 Å². The molecule has 89 valence electrons. The number of aromatic nitrogens is 5. The summed E-state index contributed by atoms with van der Waals surface area (Å²) in [4.78, 5) is 17.6. The number of para-hydroxylation sites is 2. The van der Waals surface area contributed by atoms with Gasteiger partial charge in [-0.05, 0) is 12.1 Å². The van der Waals surface area contributed by atoms with Crippen molar-refractivity contribution >= 4 is 40.7 Å². The molecule has 0 aliphatic rings.